The molecule has 0 bridgehead atoms. The summed E-state index contributed by atoms with van der Waals surface area (Å²) in [5.74, 6) is 2.65. The molecule has 0 amide bonds. The van der Waals surface area contributed by atoms with Crippen molar-refractivity contribution in [2.24, 2.45) is 0 Å². The SMILES string of the molecule is COc1cc2c(NC(C)c3cccc(Br)c3)nc(C)nc2cc1OCCCCCCCNCCC(F)(F)F. The van der Waals surface area contributed by atoms with E-state index in [2.05, 4.69) is 55.6 Å². The van der Waals surface area contributed by atoms with Crippen molar-refractivity contribution in [1.82, 2.24) is 15.3 Å². The number of alkyl halides is 3. The van der Waals surface area contributed by atoms with E-state index in [-0.39, 0.29) is 12.6 Å². The molecule has 1 atom stereocenters. The van der Waals surface area contributed by atoms with Crippen molar-refractivity contribution in [1.29, 1.82) is 0 Å². The summed E-state index contributed by atoms with van der Waals surface area (Å²) in [5, 5.41) is 7.21. The van der Waals surface area contributed by atoms with Crippen LogP contribution in [-0.4, -0.2) is 43.0 Å². The van der Waals surface area contributed by atoms with Crippen LogP contribution in [0.2, 0.25) is 0 Å². The Morgan fingerprint density at radius 1 is 0.974 bits per heavy atom. The van der Waals surface area contributed by atoms with Gasteiger partial charge in [0.25, 0.3) is 0 Å². The minimum atomic E-state index is -4.09. The molecule has 1 unspecified atom stereocenters. The summed E-state index contributed by atoms with van der Waals surface area (Å²) in [4.78, 5) is 9.26. The first-order chi connectivity index (χ1) is 18.2. The molecular weight excluding hydrogens is 561 g/mol. The summed E-state index contributed by atoms with van der Waals surface area (Å²) in [5.41, 5.74) is 1.91. The van der Waals surface area contributed by atoms with Crippen LogP contribution in [0.4, 0.5) is 19.0 Å². The van der Waals surface area contributed by atoms with Gasteiger partial charge in [-0.1, -0.05) is 47.3 Å². The number of rotatable bonds is 15. The number of aryl methyl sites for hydroxylation is 1. The predicted molar refractivity (Wildman–Crippen MR) is 149 cm³/mol. The summed E-state index contributed by atoms with van der Waals surface area (Å²) < 4.78 is 49.1. The Hall–Kier alpha value is -2.59. The molecule has 2 N–H and O–H groups in total. The third-order valence-corrected chi connectivity index (χ3v) is 6.63. The summed E-state index contributed by atoms with van der Waals surface area (Å²) >= 11 is 3.53. The number of aromatic nitrogens is 2. The maximum absolute atomic E-state index is 12.1. The van der Waals surface area contributed by atoms with E-state index in [9.17, 15) is 13.2 Å². The first kappa shape index (κ1) is 30.0. The number of halogens is 4. The fraction of sp³-hybridized carbons (Fsp3) is 0.500. The molecule has 0 radical (unpaired) electrons. The van der Waals surface area contributed by atoms with E-state index >= 15 is 0 Å². The number of unbranched alkanes of at least 4 members (excludes halogenated alkanes) is 4. The molecule has 2 aromatic carbocycles. The van der Waals surface area contributed by atoms with Gasteiger partial charge in [0, 0.05) is 22.5 Å². The van der Waals surface area contributed by atoms with Crippen LogP contribution in [0.1, 0.15) is 62.9 Å². The Morgan fingerprint density at radius 2 is 1.74 bits per heavy atom. The molecule has 1 heterocycles. The average Bonchev–Trinajstić information content (AvgIpc) is 2.86. The monoisotopic (exact) mass is 596 g/mol. The molecule has 3 rings (SSSR count). The second kappa shape index (κ2) is 14.5. The van der Waals surface area contributed by atoms with Crippen molar-refractivity contribution in [3.05, 3.63) is 52.3 Å². The lowest BCUT2D eigenvalue weighted by Crippen LogP contribution is -2.22. The predicted octanol–water partition coefficient (Wildman–Crippen LogP) is 7.75. The highest BCUT2D eigenvalue weighted by atomic mass is 79.9. The first-order valence-corrected chi connectivity index (χ1v) is 13.7. The zero-order chi connectivity index (χ0) is 27.5. The Labute approximate surface area is 230 Å². The molecule has 0 aliphatic rings. The van der Waals surface area contributed by atoms with Gasteiger partial charge >= 0.3 is 6.18 Å². The molecule has 3 aromatic rings. The van der Waals surface area contributed by atoms with Crippen molar-refractivity contribution in [3.8, 4) is 11.5 Å². The molecule has 1 aromatic heterocycles. The topological polar surface area (TPSA) is 68.3 Å². The van der Waals surface area contributed by atoms with Crippen LogP contribution < -0.4 is 20.1 Å². The molecule has 0 spiro atoms. The molecule has 38 heavy (non-hydrogen) atoms. The molecule has 208 valence electrons. The fourth-order valence-corrected chi connectivity index (χ4v) is 4.54. The maximum atomic E-state index is 12.1. The van der Waals surface area contributed by atoms with Crippen molar-refractivity contribution in [2.45, 2.75) is 64.6 Å². The van der Waals surface area contributed by atoms with Crippen LogP contribution in [0.3, 0.4) is 0 Å². The zero-order valence-electron chi connectivity index (χ0n) is 22.1. The van der Waals surface area contributed by atoms with E-state index < -0.39 is 12.6 Å². The number of hydrogen-bond donors (Lipinski definition) is 2. The van der Waals surface area contributed by atoms with Crippen LogP contribution in [0.5, 0.6) is 11.5 Å². The molecule has 0 saturated carbocycles. The van der Waals surface area contributed by atoms with Crippen molar-refractivity contribution < 1.29 is 22.6 Å². The Bertz CT molecular complexity index is 1180. The van der Waals surface area contributed by atoms with E-state index in [1.54, 1.807) is 7.11 Å². The molecule has 10 heteroatoms. The van der Waals surface area contributed by atoms with Crippen LogP contribution in [0, 0.1) is 6.92 Å². The lowest BCUT2D eigenvalue weighted by molar-refractivity contribution is -0.133. The van der Waals surface area contributed by atoms with Gasteiger partial charge in [-0.2, -0.15) is 13.2 Å². The number of methoxy groups -OCH3 is 1. The number of benzene rings is 2. The second-order valence-electron chi connectivity index (χ2n) is 9.29. The van der Waals surface area contributed by atoms with Crippen LogP contribution in [-0.2, 0) is 0 Å². The highest BCUT2D eigenvalue weighted by molar-refractivity contribution is 9.10. The van der Waals surface area contributed by atoms with E-state index in [0.29, 0.717) is 30.5 Å². The summed E-state index contributed by atoms with van der Waals surface area (Å²) in [6.45, 7) is 5.09. The minimum Gasteiger partial charge on any atom is -0.493 e. The highest BCUT2D eigenvalue weighted by Crippen LogP contribution is 2.35. The first-order valence-electron chi connectivity index (χ1n) is 12.9. The quantitative estimate of drug-likeness (QED) is 0.175. The third-order valence-electron chi connectivity index (χ3n) is 6.14. The smallest absolute Gasteiger partial charge is 0.390 e. The zero-order valence-corrected chi connectivity index (χ0v) is 23.7. The van der Waals surface area contributed by atoms with Gasteiger partial charge in [-0.25, -0.2) is 9.97 Å². The largest absolute Gasteiger partial charge is 0.493 e. The number of hydrogen-bond acceptors (Lipinski definition) is 6. The van der Waals surface area contributed by atoms with Gasteiger partial charge in [0.1, 0.15) is 11.6 Å². The normalized spacial score (nSPS) is 12.5. The summed E-state index contributed by atoms with van der Waals surface area (Å²) in [6, 6.07) is 12.0. The Balaban J connectivity index is 1.52. The summed E-state index contributed by atoms with van der Waals surface area (Å²) in [7, 11) is 1.61. The van der Waals surface area contributed by atoms with Gasteiger partial charge in [0.05, 0.1) is 31.7 Å². The number of fused-ring (bicyclic) bond motifs is 1. The molecular formula is C28H36BrF3N4O2. The molecule has 0 fully saturated rings. The van der Waals surface area contributed by atoms with Crippen LogP contribution >= 0.6 is 15.9 Å². The number of nitrogens with one attached hydrogen (secondary N) is 2. The molecule has 6 nitrogen and oxygen atoms in total. The van der Waals surface area contributed by atoms with Gasteiger partial charge in [-0.15, -0.1) is 0 Å². The third kappa shape index (κ3) is 9.62. The number of nitrogens with zero attached hydrogens (tertiary/aromatic N) is 2. The van der Waals surface area contributed by atoms with Crippen molar-refractivity contribution in [3.63, 3.8) is 0 Å². The molecule has 0 saturated heterocycles. The summed E-state index contributed by atoms with van der Waals surface area (Å²) in [6.07, 6.45) is -0.155. The molecule has 0 aliphatic carbocycles. The van der Waals surface area contributed by atoms with Crippen molar-refractivity contribution >= 4 is 32.7 Å². The Morgan fingerprint density at radius 3 is 2.47 bits per heavy atom. The van der Waals surface area contributed by atoms with Crippen LogP contribution in [0.15, 0.2) is 40.9 Å². The lowest BCUT2D eigenvalue weighted by Gasteiger charge is -2.18. The van der Waals surface area contributed by atoms with Gasteiger partial charge in [0.15, 0.2) is 11.5 Å². The standard InChI is InChI=1S/C28H36BrF3N4O2/c1-19(21-10-9-11-22(29)16-21)34-27-23-17-25(37-3)26(18-24(23)35-20(2)36-27)38-15-8-6-4-5-7-13-33-14-12-28(30,31)32/h9-11,16-19,33H,4-8,12-15H2,1-3H3,(H,34,35,36). The number of anilines is 1. The number of ether oxygens (including phenoxy) is 2. The van der Waals surface area contributed by atoms with Gasteiger partial charge in [-0.05, 0) is 57.0 Å². The minimum absolute atomic E-state index is 0.0169. The second-order valence-corrected chi connectivity index (χ2v) is 10.2. The van der Waals surface area contributed by atoms with Gasteiger partial charge < -0.3 is 20.1 Å². The molecule has 0 aliphatic heterocycles. The highest BCUT2D eigenvalue weighted by Gasteiger charge is 2.25. The van der Waals surface area contributed by atoms with E-state index in [1.165, 1.54) is 0 Å². The fourth-order valence-electron chi connectivity index (χ4n) is 4.12. The van der Waals surface area contributed by atoms with E-state index in [4.69, 9.17) is 9.47 Å². The van der Waals surface area contributed by atoms with E-state index in [1.807, 2.05) is 31.2 Å². The van der Waals surface area contributed by atoms with Crippen LogP contribution in [0.25, 0.3) is 10.9 Å². The Kier molecular flexibility index (Phi) is 11.5. The van der Waals surface area contributed by atoms with Crippen molar-refractivity contribution in [2.75, 3.05) is 32.1 Å². The maximum Gasteiger partial charge on any atom is 0.390 e. The van der Waals surface area contributed by atoms with E-state index in [0.717, 1.165) is 58.9 Å². The lowest BCUT2D eigenvalue weighted by atomic mass is 10.1. The van der Waals surface area contributed by atoms with Gasteiger partial charge in [0.2, 0.25) is 0 Å². The average molecular weight is 598 g/mol. The van der Waals surface area contributed by atoms with Gasteiger partial charge in [-0.3, -0.25) is 0 Å².